The van der Waals surface area contributed by atoms with Crippen LogP contribution in [0.2, 0.25) is 19.6 Å². The van der Waals surface area contributed by atoms with Crippen LogP contribution in [0, 0.1) is 24.4 Å². The Kier molecular flexibility index (Phi) is 8.91. The molecule has 54 heavy (non-hydrogen) atoms. The molecular formula is C49H52IrN2OSi-2. The Bertz CT molecular complexity index is 2670. The number of benzene rings is 4. The van der Waals surface area contributed by atoms with E-state index in [1.165, 1.54) is 22.5 Å². The summed E-state index contributed by atoms with van der Waals surface area (Å²) >= 11 is 0. The van der Waals surface area contributed by atoms with Gasteiger partial charge in [-0.15, -0.1) is 54.1 Å². The molecule has 0 amide bonds. The van der Waals surface area contributed by atoms with Crippen LogP contribution >= 0.6 is 0 Å². The number of pyridine rings is 2. The number of furan rings is 1. The van der Waals surface area contributed by atoms with Crippen molar-refractivity contribution < 1.29 is 31.4 Å². The van der Waals surface area contributed by atoms with Gasteiger partial charge in [0, 0.05) is 55.7 Å². The number of rotatable bonds is 4. The number of aryl methyl sites for hydroxylation is 1. The molecule has 7 aromatic rings. The molecule has 0 fully saturated rings. The van der Waals surface area contributed by atoms with Crippen LogP contribution in [0.4, 0.5) is 0 Å². The zero-order valence-electron chi connectivity index (χ0n) is 38.0. The molecule has 3 heterocycles. The van der Waals surface area contributed by atoms with Crippen LogP contribution in [0.1, 0.15) is 77.6 Å². The molecule has 8 rings (SSSR count). The molecule has 0 atom stereocenters. The number of fused-ring (bicyclic) bond motifs is 7. The largest absolute Gasteiger partial charge is 0.500 e. The zero-order valence-corrected chi connectivity index (χ0v) is 36.3. The number of hydrogen-bond donors (Lipinski definition) is 0. The van der Waals surface area contributed by atoms with Crippen molar-refractivity contribution in [3.8, 4) is 33.6 Å². The van der Waals surface area contributed by atoms with Crippen molar-refractivity contribution in [1.29, 1.82) is 0 Å². The van der Waals surface area contributed by atoms with Crippen molar-refractivity contribution in [3.05, 3.63) is 138 Å². The van der Waals surface area contributed by atoms with Crippen LogP contribution in [-0.4, -0.2) is 18.0 Å². The first-order valence-corrected chi connectivity index (χ1v) is 21.9. The molecular weight excluding hydrogens is 853 g/mol. The first-order valence-electron chi connectivity index (χ1n) is 20.9. The van der Waals surface area contributed by atoms with Gasteiger partial charge in [0.05, 0.1) is 13.7 Å². The molecule has 0 unspecified atom stereocenters. The first kappa shape index (κ1) is 33.2. The first-order chi connectivity index (χ1) is 27.0. The van der Waals surface area contributed by atoms with E-state index in [9.17, 15) is 0 Å². The molecule has 5 heteroatoms. The molecule has 0 bridgehead atoms. The molecule has 1 aliphatic carbocycles. The summed E-state index contributed by atoms with van der Waals surface area (Å²) < 4.78 is 49.0. The summed E-state index contributed by atoms with van der Waals surface area (Å²) in [5, 5.41) is 3.34. The fourth-order valence-corrected chi connectivity index (χ4v) is 8.59. The average molecular weight is 910 g/mol. The fourth-order valence-electron chi connectivity index (χ4n) is 7.45. The molecule has 0 N–H and O–H groups in total. The zero-order chi connectivity index (χ0) is 42.2. The van der Waals surface area contributed by atoms with Gasteiger partial charge < -0.3 is 14.4 Å². The summed E-state index contributed by atoms with van der Waals surface area (Å²) in [4.78, 5) is 8.96. The van der Waals surface area contributed by atoms with Gasteiger partial charge in [-0.3, -0.25) is 0 Å². The van der Waals surface area contributed by atoms with Gasteiger partial charge in [0.1, 0.15) is 5.58 Å². The standard InChI is InChI=1S/C35H36NO.C14H16NSi.Ir/c1-21-20-36-29(18-22(21)19-33(2,3)4)27-14-11-13-25-26-17-16-24-23-12-9-10-15-28(23)34(5,6)35(7,8)30(24)32(26)37-31(25)27;1-16(2,3)13-9-10-15-14(11-13)12-7-5-4-6-8-12;/h9-13,15-18,20H,19H2,1-8H3;4-7,9-11H,1-3H3;/q2*-1;/i1D3,19D2;;. The topological polar surface area (TPSA) is 38.9 Å². The minimum Gasteiger partial charge on any atom is -0.500 e. The maximum Gasteiger partial charge on any atom is 0.125 e. The summed E-state index contributed by atoms with van der Waals surface area (Å²) in [7, 11) is -1.25. The molecule has 1 aliphatic rings. The van der Waals surface area contributed by atoms with E-state index in [0.29, 0.717) is 16.8 Å². The van der Waals surface area contributed by atoms with E-state index >= 15 is 0 Å². The van der Waals surface area contributed by atoms with Gasteiger partial charge in [0.15, 0.2) is 0 Å². The van der Waals surface area contributed by atoms with Crippen molar-refractivity contribution in [2.45, 2.75) is 92.2 Å². The van der Waals surface area contributed by atoms with Gasteiger partial charge in [-0.1, -0.05) is 138 Å². The Morgan fingerprint density at radius 1 is 0.778 bits per heavy atom. The molecule has 3 aromatic heterocycles. The van der Waals surface area contributed by atoms with Crippen molar-refractivity contribution in [2.75, 3.05) is 0 Å². The van der Waals surface area contributed by atoms with E-state index < -0.39 is 26.7 Å². The van der Waals surface area contributed by atoms with Crippen LogP contribution in [0.3, 0.4) is 0 Å². The SMILES string of the molecule is C[Si](C)(C)c1ccnc(-c2[c-]cccc2)c1.[2H]C([2H])([2H])c1cnc(-c2[c-]ccc3c2oc2c4c(ccc23)-c2ccccc2C(C)(C)C4(C)C)cc1C([2H])([2H])C(C)(C)C.[Ir]. The predicted octanol–water partition coefficient (Wildman–Crippen LogP) is 12.7. The van der Waals surface area contributed by atoms with E-state index in [-0.39, 0.29) is 42.1 Å². The fraction of sp³-hybridized carbons (Fsp3) is 0.306. The number of nitrogens with zero attached hydrogens (tertiary/aromatic N) is 2. The van der Waals surface area contributed by atoms with Gasteiger partial charge >= 0.3 is 0 Å². The maximum atomic E-state index is 8.95. The average Bonchev–Trinajstić information content (AvgIpc) is 3.55. The molecule has 279 valence electrons. The second-order valence-corrected chi connectivity index (χ2v) is 22.4. The van der Waals surface area contributed by atoms with Gasteiger partial charge in [-0.05, 0) is 63.8 Å². The molecule has 0 saturated carbocycles. The normalized spacial score (nSPS) is 16.3. The minimum absolute atomic E-state index is 0. The number of hydrogen-bond acceptors (Lipinski definition) is 3. The van der Waals surface area contributed by atoms with Crippen LogP contribution in [-0.2, 0) is 37.3 Å². The Morgan fingerprint density at radius 2 is 1.52 bits per heavy atom. The van der Waals surface area contributed by atoms with E-state index in [4.69, 9.17) is 11.3 Å². The smallest absolute Gasteiger partial charge is 0.125 e. The minimum atomic E-state index is -2.51. The maximum absolute atomic E-state index is 8.95. The summed E-state index contributed by atoms with van der Waals surface area (Å²) in [5.41, 5.74) is 8.11. The summed E-state index contributed by atoms with van der Waals surface area (Å²) in [6.07, 6.45) is 1.27. The Morgan fingerprint density at radius 3 is 2.22 bits per heavy atom. The van der Waals surface area contributed by atoms with Gasteiger partial charge in [-0.2, -0.15) is 0 Å². The van der Waals surface area contributed by atoms with Crippen LogP contribution in [0.5, 0.6) is 0 Å². The molecule has 1 radical (unpaired) electrons. The monoisotopic (exact) mass is 910 g/mol. The van der Waals surface area contributed by atoms with Crippen molar-refractivity contribution in [2.24, 2.45) is 5.41 Å². The molecule has 0 aliphatic heterocycles. The van der Waals surface area contributed by atoms with Crippen LogP contribution in [0.25, 0.3) is 55.6 Å². The molecule has 4 aromatic carbocycles. The third-order valence-corrected chi connectivity index (χ3v) is 13.0. The number of aromatic nitrogens is 2. The summed E-state index contributed by atoms with van der Waals surface area (Å²) in [5.74, 6) is 0. The van der Waals surface area contributed by atoms with Crippen molar-refractivity contribution in [3.63, 3.8) is 0 Å². The van der Waals surface area contributed by atoms with Gasteiger partial charge in [0.25, 0.3) is 0 Å². The Hall–Kier alpha value is -4.15. The Labute approximate surface area is 344 Å². The third kappa shape index (κ3) is 7.19. The second-order valence-electron chi connectivity index (χ2n) is 17.3. The van der Waals surface area contributed by atoms with Crippen molar-refractivity contribution >= 4 is 35.2 Å². The van der Waals surface area contributed by atoms with E-state index in [2.05, 4.69) is 124 Å². The summed E-state index contributed by atoms with van der Waals surface area (Å²) in [6.45, 7) is 19.0. The van der Waals surface area contributed by atoms with Gasteiger partial charge in [0.2, 0.25) is 0 Å². The molecule has 0 saturated heterocycles. The predicted molar refractivity (Wildman–Crippen MR) is 227 cm³/mol. The van der Waals surface area contributed by atoms with Gasteiger partial charge in [-0.25, -0.2) is 0 Å². The third-order valence-electron chi connectivity index (χ3n) is 11.0. The van der Waals surface area contributed by atoms with Crippen LogP contribution in [0.15, 0.2) is 108 Å². The Balaban J connectivity index is 0.000000289. The van der Waals surface area contributed by atoms with E-state index in [1.54, 1.807) is 26.8 Å². The van der Waals surface area contributed by atoms with Crippen molar-refractivity contribution in [1.82, 2.24) is 9.97 Å². The molecule has 3 nitrogen and oxygen atoms in total. The van der Waals surface area contributed by atoms with Crippen LogP contribution < -0.4 is 5.19 Å². The van der Waals surface area contributed by atoms with E-state index in [0.717, 1.165) is 38.7 Å². The van der Waals surface area contributed by atoms with E-state index in [1.807, 2.05) is 36.5 Å². The molecule has 0 spiro atoms. The summed E-state index contributed by atoms with van der Waals surface area (Å²) in [6, 6.07) is 37.1. The second kappa shape index (κ2) is 14.5. The quantitative estimate of drug-likeness (QED) is 0.130.